The number of ether oxygens (including phenoxy) is 1. The van der Waals surface area contributed by atoms with Crippen LogP contribution in [-0.2, 0) is 33.5 Å². The second-order valence-electron chi connectivity index (χ2n) is 12.2. The molecule has 0 aromatic rings. The quantitative estimate of drug-likeness (QED) is 0.0734. The highest BCUT2D eigenvalue weighted by Crippen LogP contribution is 2.26. The van der Waals surface area contributed by atoms with Crippen molar-refractivity contribution < 1.29 is 38.3 Å². The number of ketones is 1. The fourth-order valence-corrected chi connectivity index (χ4v) is 4.46. The minimum absolute atomic E-state index is 0.0306. The normalized spacial score (nSPS) is 14.9. The first-order valence-corrected chi connectivity index (χ1v) is 15.5. The number of Topliss-reactive ketones (excluding diaryl/α,β-unsaturated/α-hetero) is 1. The molecule has 250 valence electrons. The van der Waals surface area contributed by atoms with Gasteiger partial charge < -0.3 is 36.6 Å². The second kappa shape index (κ2) is 18.5. The van der Waals surface area contributed by atoms with Crippen LogP contribution >= 0.6 is 12.2 Å². The number of hydrogen-bond donors (Lipinski definition) is 5. The van der Waals surface area contributed by atoms with E-state index in [1.165, 1.54) is 0 Å². The van der Waals surface area contributed by atoms with E-state index in [4.69, 9.17) is 27.5 Å². The minimum Gasteiger partial charge on any atom is -0.375 e. The van der Waals surface area contributed by atoms with Gasteiger partial charge in [0.1, 0.15) is 0 Å². The molecule has 0 saturated carbocycles. The number of nitrogens with one attached hydrogen (secondary N) is 4. The lowest BCUT2D eigenvalue weighted by molar-refractivity contribution is -0.205. The Morgan fingerprint density at radius 3 is 2.20 bits per heavy atom. The minimum atomic E-state index is -0.985. The van der Waals surface area contributed by atoms with Crippen LogP contribution < -0.4 is 27.0 Å². The fraction of sp³-hybridized carbons (Fsp3) is 0.759. The van der Waals surface area contributed by atoms with Gasteiger partial charge in [-0.1, -0.05) is 20.3 Å². The number of amides is 5. The maximum atomic E-state index is 12.9. The Morgan fingerprint density at radius 1 is 0.977 bits per heavy atom. The van der Waals surface area contributed by atoms with Gasteiger partial charge in [-0.2, -0.15) is 0 Å². The lowest BCUT2D eigenvalue weighted by atomic mass is 9.90. The summed E-state index contributed by atoms with van der Waals surface area (Å²) in [5.74, 6) is -2.39. The number of primary amides is 1. The highest BCUT2D eigenvalue weighted by Gasteiger charge is 2.38. The Bertz CT molecular complexity index is 1030. The summed E-state index contributed by atoms with van der Waals surface area (Å²) in [6.07, 6.45) is 3.32. The molecule has 15 heteroatoms. The first-order chi connectivity index (χ1) is 20.5. The third-order valence-electron chi connectivity index (χ3n) is 7.23. The van der Waals surface area contributed by atoms with Crippen molar-refractivity contribution >= 4 is 52.8 Å². The van der Waals surface area contributed by atoms with Crippen molar-refractivity contribution in [1.29, 1.82) is 0 Å². The van der Waals surface area contributed by atoms with Crippen LogP contribution in [0.25, 0.3) is 0 Å². The number of nitrogens with zero attached hydrogens (tertiary/aromatic N) is 1. The van der Waals surface area contributed by atoms with Gasteiger partial charge in [0.2, 0.25) is 5.91 Å². The predicted octanol–water partition coefficient (Wildman–Crippen LogP) is 1.60. The van der Waals surface area contributed by atoms with Crippen LogP contribution in [0.4, 0.5) is 4.79 Å². The van der Waals surface area contributed by atoms with Crippen LogP contribution in [0, 0.1) is 11.3 Å². The van der Waals surface area contributed by atoms with E-state index in [0.717, 1.165) is 6.42 Å². The van der Waals surface area contributed by atoms with Crippen LogP contribution in [-0.4, -0.2) is 83.6 Å². The molecule has 1 aliphatic heterocycles. The number of rotatable bonds is 20. The monoisotopic (exact) mass is 642 g/mol. The molecule has 1 fully saturated rings. The second-order valence-corrected chi connectivity index (χ2v) is 12.6. The van der Waals surface area contributed by atoms with E-state index in [1.54, 1.807) is 13.8 Å². The maximum absolute atomic E-state index is 12.9. The van der Waals surface area contributed by atoms with Crippen molar-refractivity contribution in [2.45, 2.75) is 105 Å². The lowest BCUT2D eigenvalue weighted by Gasteiger charge is -2.29. The van der Waals surface area contributed by atoms with E-state index < -0.39 is 40.9 Å². The van der Waals surface area contributed by atoms with E-state index in [9.17, 15) is 28.8 Å². The van der Waals surface area contributed by atoms with E-state index in [-0.39, 0.29) is 48.7 Å². The number of imide groups is 1. The molecular formula is C29H50N6O8S. The molecule has 1 saturated heterocycles. The number of hydroxylamine groups is 2. The number of urea groups is 1. The van der Waals surface area contributed by atoms with Crippen molar-refractivity contribution in [3.8, 4) is 0 Å². The zero-order valence-corrected chi connectivity index (χ0v) is 27.7. The molecule has 14 nitrogen and oxygen atoms in total. The predicted molar refractivity (Wildman–Crippen MR) is 167 cm³/mol. The summed E-state index contributed by atoms with van der Waals surface area (Å²) in [4.78, 5) is 77.4. The summed E-state index contributed by atoms with van der Waals surface area (Å²) in [5, 5.41) is 11.9. The molecule has 0 aliphatic carbocycles. The summed E-state index contributed by atoms with van der Waals surface area (Å²) in [6.45, 7) is 11.8. The Kier molecular flexibility index (Phi) is 16.2. The van der Waals surface area contributed by atoms with Crippen LogP contribution in [0.15, 0.2) is 0 Å². The van der Waals surface area contributed by atoms with Crippen molar-refractivity contribution in [1.82, 2.24) is 26.3 Å². The van der Waals surface area contributed by atoms with Gasteiger partial charge in [0.25, 0.3) is 11.8 Å². The largest absolute Gasteiger partial charge is 0.375 e. The molecule has 6 N–H and O–H groups in total. The molecule has 0 bridgehead atoms. The average molecular weight is 643 g/mol. The molecule has 2 atom stereocenters. The van der Waals surface area contributed by atoms with Crippen LogP contribution in [0.1, 0.15) is 92.9 Å². The highest BCUT2D eigenvalue weighted by molar-refractivity contribution is 7.80. The molecule has 1 rings (SSSR count). The summed E-state index contributed by atoms with van der Waals surface area (Å²) < 4.78 is 5.98. The molecule has 1 unspecified atom stereocenters. The van der Waals surface area contributed by atoms with Crippen molar-refractivity contribution in [3.05, 3.63) is 0 Å². The smallest absolute Gasteiger partial charge is 0.338 e. The SMILES string of the molecule is CCCC(C)C(=O)[C@H](CCCNC(N)=O)NC(=O)CNC(=S)NCCC(C)(C)OCCC(C)(C)C(=O)ON1C(=O)CCC1=O. The average Bonchev–Trinajstić information content (AvgIpc) is 3.24. The fourth-order valence-electron chi connectivity index (χ4n) is 4.29. The number of nitrogens with two attached hydrogens (primary N) is 1. The van der Waals surface area contributed by atoms with Crippen molar-refractivity contribution in [3.63, 3.8) is 0 Å². The maximum Gasteiger partial charge on any atom is 0.338 e. The Labute approximate surface area is 265 Å². The number of carbonyl (C=O) groups excluding carboxylic acids is 6. The van der Waals surface area contributed by atoms with Crippen molar-refractivity contribution in [2.75, 3.05) is 26.2 Å². The van der Waals surface area contributed by atoms with Crippen LogP contribution in [0.5, 0.6) is 0 Å². The Morgan fingerprint density at radius 2 is 1.61 bits per heavy atom. The zero-order valence-electron chi connectivity index (χ0n) is 26.8. The molecule has 1 aliphatic rings. The highest BCUT2D eigenvalue weighted by atomic mass is 32.1. The summed E-state index contributed by atoms with van der Waals surface area (Å²) in [7, 11) is 0. The standard InChI is InChI=1S/C29H50N6O8S/c1-7-9-19(2)24(39)20(10-8-15-31-26(30)41)34-21(36)18-33-27(44)32-16-13-29(5,6)42-17-14-28(3,4)25(40)43-35-22(37)11-12-23(35)38/h19-20H,7-18H2,1-6H3,(H,34,36)(H3,30,31,41)(H2,32,33,44)/t19?,20-/m0/s1. The first kappa shape index (κ1) is 38.7. The molecule has 1 heterocycles. The molecule has 0 radical (unpaired) electrons. The molecule has 0 spiro atoms. The van der Waals surface area contributed by atoms with Gasteiger partial charge in [0, 0.05) is 38.5 Å². The van der Waals surface area contributed by atoms with Gasteiger partial charge in [0.15, 0.2) is 10.9 Å². The third-order valence-corrected chi connectivity index (χ3v) is 7.52. The summed E-state index contributed by atoms with van der Waals surface area (Å²) in [6, 6.07) is -1.33. The van der Waals surface area contributed by atoms with E-state index >= 15 is 0 Å². The van der Waals surface area contributed by atoms with Gasteiger partial charge in [-0.05, 0) is 72.0 Å². The van der Waals surface area contributed by atoms with Gasteiger partial charge in [-0.25, -0.2) is 9.59 Å². The molecular weight excluding hydrogens is 592 g/mol. The lowest BCUT2D eigenvalue weighted by Crippen LogP contribution is -2.48. The van der Waals surface area contributed by atoms with Gasteiger partial charge in [0.05, 0.1) is 23.6 Å². The Hall–Kier alpha value is -3.33. The summed E-state index contributed by atoms with van der Waals surface area (Å²) >= 11 is 5.29. The van der Waals surface area contributed by atoms with Gasteiger partial charge in [-0.3, -0.25) is 19.2 Å². The number of carbonyl (C=O) groups is 6. The first-order valence-electron chi connectivity index (χ1n) is 15.1. The molecule has 5 amide bonds. The van der Waals surface area contributed by atoms with Crippen molar-refractivity contribution in [2.24, 2.45) is 17.1 Å². The van der Waals surface area contributed by atoms with Gasteiger partial charge in [-0.15, -0.1) is 5.06 Å². The number of hydrogen-bond acceptors (Lipinski definition) is 9. The zero-order chi connectivity index (χ0) is 33.5. The van der Waals surface area contributed by atoms with Gasteiger partial charge >= 0.3 is 12.0 Å². The van der Waals surface area contributed by atoms with E-state index in [2.05, 4.69) is 21.3 Å². The molecule has 0 aromatic heterocycles. The molecule has 0 aromatic carbocycles. The third kappa shape index (κ3) is 14.4. The van der Waals surface area contributed by atoms with Crippen LogP contribution in [0.3, 0.4) is 0 Å². The molecule has 44 heavy (non-hydrogen) atoms. The topological polar surface area (TPSA) is 198 Å². The number of thiocarbonyl (C=S) groups is 1. The Balaban J connectivity index is 2.43. The van der Waals surface area contributed by atoms with E-state index in [1.807, 2.05) is 27.7 Å². The van der Waals surface area contributed by atoms with E-state index in [0.29, 0.717) is 50.3 Å². The summed E-state index contributed by atoms with van der Waals surface area (Å²) in [5.41, 5.74) is 3.53. The van der Waals surface area contributed by atoms with Crippen LogP contribution in [0.2, 0.25) is 0 Å².